The number of methoxy groups -OCH3 is 1. The Balaban J connectivity index is 1.92. The van der Waals surface area contributed by atoms with E-state index in [9.17, 15) is 9.59 Å². The quantitative estimate of drug-likeness (QED) is 0.689. The van der Waals surface area contributed by atoms with Gasteiger partial charge in [0.2, 0.25) is 5.91 Å². The second kappa shape index (κ2) is 7.19. The van der Waals surface area contributed by atoms with E-state index in [1.54, 1.807) is 0 Å². The minimum atomic E-state index is -0.770. The van der Waals surface area contributed by atoms with Crippen LogP contribution < -0.4 is 16.0 Å². The van der Waals surface area contributed by atoms with E-state index >= 15 is 0 Å². The predicted octanol–water partition coefficient (Wildman–Crippen LogP) is 0.510. The SMILES string of the molecule is COC(=O)C1(NCC(=O)Nc2ccccc2)CCNCC1. The Kier molecular flexibility index (Phi) is 5.30. The summed E-state index contributed by atoms with van der Waals surface area (Å²) >= 11 is 0. The van der Waals surface area contributed by atoms with Gasteiger partial charge in [0.05, 0.1) is 13.7 Å². The van der Waals surface area contributed by atoms with Crippen LogP contribution in [-0.2, 0) is 14.3 Å². The number of para-hydroxylation sites is 1. The predicted molar refractivity (Wildman–Crippen MR) is 79.9 cm³/mol. The van der Waals surface area contributed by atoms with Crippen LogP contribution in [0.3, 0.4) is 0 Å². The van der Waals surface area contributed by atoms with Gasteiger partial charge in [-0.15, -0.1) is 0 Å². The van der Waals surface area contributed by atoms with E-state index in [-0.39, 0.29) is 18.4 Å². The van der Waals surface area contributed by atoms with Gasteiger partial charge < -0.3 is 15.4 Å². The zero-order chi connectivity index (χ0) is 15.1. The Morgan fingerprint density at radius 1 is 1.24 bits per heavy atom. The largest absolute Gasteiger partial charge is 0.468 e. The average Bonchev–Trinajstić information content (AvgIpc) is 2.54. The first-order chi connectivity index (χ1) is 10.2. The number of nitrogens with one attached hydrogen (secondary N) is 3. The van der Waals surface area contributed by atoms with Crippen LogP contribution >= 0.6 is 0 Å². The molecule has 1 aromatic rings. The maximum atomic E-state index is 12.0. The second-order valence-electron chi connectivity index (χ2n) is 5.09. The molecule has 0 bridgehead atoms. The van der Waals surface area contributed by atoms with Crippen molar-refractivity contribution in [1.29, 1.82) is 0 Å². The molecule has 1 heterocycles. The number of hydrogen-bond acceptors (Lipinski definition) is 5. The van der Waals surface area contributed by atoms with E-state index in [4.69, 9.17) is 4.74 Å². The summed E-state index contributed by atoms with van der Waals surface area (Å²) in [4.78, 5) is 24.0. The number of hydrogen-bond donors (Lipinski definition) is 3. The van der Waals surface area contributed by atoms with Gasteiger partial charge in [0.15, 0.2) is 0 Å². The molecule has 1 amide bonds. The third kappa shape index (κ3) is 4.03. The summed E-state index contributed by atoms with van der Waals surface area (Å²) in [6, 6.07) is 9.23. The number of amides is 1. The van der Waals surface area contributed by atoms with Crippen molar-refractivity contribution in [3.63, 3.8) is 0 Å². The number of esters is 1. The van der Waals surface area contributed by atoms with Crippen LogP contribution in [0.4, 0.5) is 5.69 Å². The number of benzene rings is 1. The number of rotatable bonds is 5. The molecular formula is C15H21N3O3. The van der Waals surface area contributed by atoms with E-state index in [0.717, 1.165) is 18.8 Å². The molecule has 0 spiro atoms. The standard InChI is InChI=1S/C15H21N3O3/c1-21-14(20)15(7-9-16-10-8-15)17-11-13(19)18-12-5-3-2-4-6-12/h2-6,16-17H,7-11H2,1H3,(H,18,19). The monoisotopic (exact) mass is 291 g/mol. The molecule has 1 aliphatic rings. The summed E-state index contributed by atoms with van der Waals surface area (Å²) in [6.45, 7) is 1.52. The van der Waals surface area contributed by atoms with E-state index in [1.165, 1.54) is 7.11 Å². The molecule has 1 aromatic carbocycles. The fourth-order valence-electron chi connectivity index (χ4n) is 2.48. The van der Waals surface area contributed by atoms with Crippen molar-refractivity contribution in [3.05, 3.63) is 30.3 Å². The first-order valence-corrected chi connectivity index (χ1v) is 7.05. The summed E-state index contributed by atoms with van der Waals surface area (Å²) in [7, 11) is 1.37. The smallest absolute Gasteiger partial charge is 0.326 e. The van der Waals surface area contributed by atoms with E-state index in [2.05, 4.69) is 16.0 Å². The second-order valence-corrected chi connectivity index (χ2v) is 5.09. The molecule has 3 N–H and O–H groups in total. The van der Waals surface area contributed by atoms with Gasteiger partial charge in [-0.1, -0.05) is 18.2 Å². The van der Waals surface area contributed by atoms with Crippen LogP contribution in [0.15, 0.2) is 30.3 Å². The highest BCUT2D eigenvalue weighted by atomic mass is 16.5. The van der Waals surface area contributed by atoms with Crippen molar-refractivity contribution < 1.29 is 14.3 Å². The first kappa shape index (κ1) is 15.5. The molecule has 114 valence electrons. The molecule has 0 radical (unpaired) electrons. The molecule has 1 aliphatic heterocycles. The molecule has 1 saturated heterocycles. The number of carbonyl (C=O) groups is 2. The molecule has 0 aliphatic carbocycles. The lowest BCUT2D eigenvalue weighted by molar-refractivity contribution is -0.150. The summed E-state index contributed by atoms with van der Waals surface area (Å²) in [5, 5.41) is 9.06. The van der Waals surface area contributed by atoms with Gasteiger partial charge in [0.1, 0.15) is 5.54 Å². The van der Waals surface area contributed by atoms with Crippen molar-refractivity contribution in [2.24, 2.45) is 0 Å². The fourth-order valence-corrected chi connectivity index (χ4v) is 2.48. The summed E-state index contributed by atoms with van der Waals surface area (Å²) in [6.07, 6.45) is 1.22. The number of piperidine rings is 1. The highest BCUT2D eigenvalue weighted by Crippen LogP contribution is 2.19. The van der Waals surface area contributed by atoms with Crippen LogP contribution in [0, 0.1) is 0 Å². The van der Waals surface area contributed by atoms with Gasteiger partial charge >= 0.3 is 5.97 Å². The van der Waals surface area contributed by atoms with Gasteiger partial charge in [0.25, 0.3) is 0 Å². The van der Waals surface area contributed by atoms with Gasteiger partial charge in [-0.2, -0.15) is 0 Å². The van der Waals surface area contributed by atoms with Gasteiger partial charge in [-0.3, -0.25) is 14.9 Å². The molecule has 0 unspecified atom stereocenters. The van der Waals surface area contributed by atoms with Gasteiger partial charge in [-0.25, -0.2) is 0 Å². The van der Waals surface area contributed by atoms with E-state index in [0.29, 0.717) is 12.8 Å². The molecule has 21 heavy (non-hydrogen) atoms. The highest BCUT2D eigenvalue weighted by molar-refractivity contribution is 5.93. The maximum Gasteiger partial charge on any atom is 0.326 e. The molecule has 1 fully saturated rings. The number of carbonyl (C=O) groups excluding carboxylic acids is 2. The molecule has 0 atom stereocenters. The molecule has 6 nitrogen and oxygen atoms in total. The highest BCUT2D eigenvalue weighted by Gasteiger charge is 2.40. The van der Waals surface area contributed by atoms with Crippen LogP contribution in [-0.4, -0.2) is 44.2 Å². The first-order valence-electron chi connectivity index (χ1n) is 7.05. The fraction of sp³-hybridized carbons (Fsp3) is 0.467. The molecule has 2 rings (SSSR count). The Labute approximate surface area is 124 Å². The van der Waals surface area contributed by atoms with Crippen LogP contribution in [0.2, 0.25) is 0 Å². The van der Waals surface area contributed by atoms with E-state index < -0.39 is 5.54 Å². The Morgan fingerprint density at radius 2 is 1.90 bits per heavy atom. The lowest BCUT2D eigenvalue weighted by Gasteiger charge is -2.35. The minimum absolute atomic E-state index is 0.0734. The van der Waals surface area contributed by atoms with Crippen molar-refractivity contribution >= 4 is 17.6 Å². The molecule has 0 aromatic heterocycles. The van der Waals surface area contributed by atoms with Crippen LogP contribution in [0.5, 0.6) is 0 Å². The summed E-state index contributed by atoms with van der Waals surface area (Å²) in [5.74, 6) is -0.487. The van der Waals surface area contributed by atoms with Gasteiger partial charge in [0, 0.05) is 5.69 Å². The topological polar surface area (TPSA) is 79.5 Å². The van der Waals surface area contributed by atoms with Gasteiger partial charge in [-0.05, 0) is 38.1 Å². The zero-order valence-electron chi connectivity index (χ0n) is 12.1. The lowest BCUT2D eigenvalue weighted by atomic mass is 9.88. The Bertz CT molecular complexity index is 484. The average molecular weight is 291 g/mol. The summed E-state index contributed by atoms with van der Waals surface area (Å²) in [5.41, 5.74) is -0.0321. The lowest BCUT2D eigenvalue weighted by Crippen LogP contribution is -2.59. The molecule has 6 heteroatoms. The van der Waals surface area contributed by atoms with Crippen molar-refractivity contribution in [1.82, 2.24) is 10.6 Å². The van der Waals surface area contributed by atoms with E-state index in [1.807, 2.05) is 30.3 Å². The molecular weight excluding hydrogens is 270 g/mol. The minimum Gasteiger partial charge on any atom is -0.468 e. The van der Waals surface area contributed by atoms with Crippen LogP contribution in [0.25, 0.3) is 0 Å². The van der Waals surface area contributed by atoms with Crippen molar-refractivity contribution in [3.8, 4) is 0 Å². The third-order valence-electron chi connectivity index (χ3n) is 3.68. The number of ether oxygens (including phenoxy) is 1. The Hall–Kier alpha value is -1.92. The van der Waals surface area contributed by atoms with Crippen molar-refractivity contribution in [2.45, 2.75) is 18.4 Å². The van der Waals surface area contributed by atoms with Crippen molar-refractivity contribution in [2.75, 3.05) is 32.1 Å². The maximum absolute atomic E-state index is 12.0. The third-order valence-corrected chi connectivity index (χ3v) is 3.68. The molecule has 0 saturated carbocycles. The van der Waals surface area contributed by atoms with Crippen LogP contribution in [0.1, 0.15) is 12.8 Å². The summed E-state index contributed by atoms with van der Waals surface area (Å²) < 4.78 is 4.88. The Morgan fingerprint density at radius 3 is 2.52 bits per heavy atom. The normalized spacial score (nSPS) is 17.0. The number of anilines is 1. The zero-order valence-corrected chi connectivity index (χ0v) is 12.1.